The molecule has 3 nitrogen and oxygen atoms in total. The van der Waals surface area contributed by atoms with E-state index in [-0.39, 0.29) is 19.5 Å². The second kappa shape index (κ2) is 8.46. The molecule has 0 bridgehead atoms. The van der Waals surface area contributed by atoms with E-state index >= 15 is 0 Å². The highest BCUT2D eigenvalue weighted by Gasteiger charge is 2.52. The predicted molar refractivity (Wildman–Crippen MR) is 72.2 cm³/mol. The quantitative estimate of drug-likeness (QED) is 0.460. The van der Waals surface area contributed by atoms with Gasteiger partial charge in [0.1, 0.15) is 0 Å². The smallest absolute Gasteiger partial charge is 0.390 e. The molecule has 0 saturated heterocycles. The first-order valence-corrected chi connectivity index (χ1v) is 7.31. The van der Waals surface area contributed by atoms with Crippen molar-refractivity contribution in [2.24, 2.45) is 0 Å². The number of hydrogen-bond acceptors (Lipinski definition) is 1. The molecular weight excluding hydrogens is 252 g/mol. The number of carboxylic acids is 1. The first-order chi connectivity index (χ1) is 8.85. The molecule has 0 rings (SSSR count). The molecule has 0 saturated carbocycles. The number of rotatable bonds is 11. The monoisotopic (exact) mass is 280 g/mol. The van der Waals surface area contributed by atoms with Crippen molar-refractivity contribution in [1.29, 1.82) is 0 Å². The lowest BCUT2D eigenvalue weighted by Gasteiger charge is -2.43. The Kier molecular flexibility index (Phi) is 8.14. The highest BCUT2D eigenvalue weighted by molar-refractivity contribution is 5.68. The highest BCUT2D eigenvalue weighted by Crippen LogP contribution is 2.34. The van der Waals surface area contributed by atoms with Crippen molar-refractivity contribution in [2.45, 2.75) is 65.3 Å². The largest absolute Gasteiger partial charge is 0.477 e. The van der Waals surface area contributed by atoms with Gasteiger partial charge in [-0.1, -0.05) is 33.6 Å². The van der Waals surface area contributed by atoms with Crippen LogP contribution in [0, 0.1) is 0 Å². The number of quaternary nitrogens is 1. The average molecular weight is 280 g/mol. The predicted octanol–water partition coefficient (Wildman–Crippen LogP) is 3.88. The van der Waals surface area contributed by atoms with E-state index in [0.29, 0.717) is 19.3 Å². The fourth-order valence-corrected chi connectivity index (χ4v) is 2.43. The molecule has 0 aliphatic rings. The van der Waals surface area contributed by atoms with Crippen LogP contribution in [0.5, 0.6) is 0 Å². The summed E-state index contributed by atoms with van der Waals surface area (Å²) in [6.07, 6.45) is 2.99. The second-order valence-electron chi connectivity index (χ2n) is 5.27. The number of nitrogens with zero attached hydrogens (tertiary/aromatic N) is 1. The van der Waals surface area contributed by atoms with Gasteiger partial charge in [0.25, 0.3) is 0 Å². The molecule has 0 aromatic rings. The van der Waals surface area contributed by atoms with Gasteiger partial charge in [-0.05, 0) is 19.3 Å². The van der Waals surface area contributed by atoms with Crippen LogP contribution < -0.4 is 0 Å². The molecule has 0 radical (unpaired) electrons. The topological polar surface area (TPSA) is 37.3 Å². The number of carbonyl (C=O) groups is 1. The van der Waals surface area contributed by atoms with Crippen LogP contribution in [0.4, 0.5) is 8.78 Å². The summed E-state index contributed by atoms with van der Waals surface area (Å²) >= 11 is 0. The number of aliphatic carboxylic acids is 1. The Balaban J connectivity index is 5.24. The van der Waals surface area contributed by atoms with E-state index < -0.39 is 23.0 Å². The molecule has 0 atom stereocenters. The van der Waals surface area contributed by atoms with Crippen LogP contribution in [0.2, 0.25) is 0 Å². The van der Waals surface area contributed by atoms with Gasteiger partial charge >= 0.3 is 12.0 Å². The Morgan fingerprint density at radius 3 is 1.84 bits per heavy atom. The molecule has 0 aliphatic carbocycles. The zero-order chi connectivity index (χ0) is 14.9. The molecule has 0 unspecified atom stereocenters. The number of halogens is 2. The fraction of sp³-hybridized carbons (Fsp3) is 0.929. The normalized spacial score (nSPS) is 12.7. The van der Waals surface area contributed by atoms with Gasteiger partial charge in [-0.15, -0.1) is 8.78 Å². The van der Waals surface area contributed by atoms with Crippen LogP contribution in [0.25, 0.3) is 0 Å². The maximum absolute atomic E-state index is 14.5. The number of unbranched alkanes of at least 4 members (excludes halogenated alkanes) is 2. The Hall–Kier alpha value is -0.710. The van der Waals surface area contributed by atoms with Crippen molar-refractivity contribution in [1.82, 2.24) is 0 Å². The minimum Gasteiger partial charge on any atom is -0.477 e. The molecule has 0 aliphatic heterocycles. The third kappa shape index (κ3) is 5.43. The third-order valence-electron chi connectivity index (χ3n) is 3.56. The maximum atomic E-state index is 14.5. The van der Waals surface area contributed by atoms with Crippen LogP contribution >= 0.6 is 0 Å². The van der Waals surface area contributed by atoms with Gasteiger partial charge < -0.3 is 5.11 Å². The molecule has 19 heavy (non-hydrogen) atoms. The lowest BCUT2D eigenvalue weighted by atomic mass is 10.1. The molecule has 0 fully saturated rings. The fourth-order valence-electron chi connectivity index (χ4n) is 2.43. The first kappa shape index (κ1) is 18.3. The number of hydrogen-bond donors (Lipinski definition) is 1. The lowest BCUT2D eigenvalue weighted by Crippen LogP contribution is -2.63. The summed E-state index contributed by atoms with van der Waals surface area (Å²) < 4.78 is 28.3. The van der Waals surface area contributed by atoms with Crippen molar-refractivity contribution in [3.05, 3.63) is 0 Å². The van der Waals surface area contributed by atoms with Crippen LogP contribution in [-0.4, -0.2) is 41.2 Å². The van der Waals surface area contributed by atoms with Crippen molar-refractivity contribution in [3.63, 3.8) is 0 Å². The molecule has 0 aromatic carbocycles. The summed E-state index contributed by atoms with van der Waals surface area (Å²) in [6.45, 7) is 5.60. The van der Waals surface area contributed by atoms with Gasteiger partial charge in [0.15, 0.2) is 6.54 Å². The first-order valence-electron chi connectivity index (χ1n) is 7.31. The third-order valence-corrected chi connectivity index (χ3v) is 3.56. The van der Waals surface area contributed by atoms with Gasteiger partial charge in [-0.2, -0.15) is 0 Å². The molecule has 0 amide bonds. The zero-order valence-corrected chi connectivity index (χ0v) is 12.4. The summed E-state index contributed by atoms with van der Waals surface area (Å²) in [5.41, 5.74) is 0. The number of alkyl halides is 2. The van der Waals surface area contributed by atoms with Crippen LogP contribution in [-0.2, 0) is 4.79 Å². The minimum absolute atomic E-state index is 0.242. The van der Waals surface area contributed by atoms with E-state index in [4.69, 9.17) is 5.11 Å². The van der Waals surface area contributed by atoms with Crippen molar-refractivity contribution < 1.29 is 23.2 Å². The summed E-state index contributed by atoms with van der Waals surface area (Å²) in [5, 5.41) is 9.03. The van der Waals surface area contributed by atoms with Crippen molar-refractivity contribution in [2.75, 3.05) is 19.6 Å². The Labute approximate surface area is 115 Å². The maximum Gasteiger partial charge on any atom is 0.390 e. The molecule has 0 aromatic heterocycles. The molecule has 114 valence electrons. The van der Waals surface area contributed by atoms with Gasteiger partial charge in [-0.25, -0.2) is 4.79 Å². The van der Waals surface area contributed by atoms with Gasteiger partial charge in [0, 0.05) is 0 Å². The van der Waals surface area contributed by atoms with E-state index in [1.807, 2.05) is 13.8 Å². The molecule has 0 spiro atoms. The van der Waals surface area contributed by atoms with E-state index in [9.17, 15) is 13.6 Å². The summed E-state index contributed by atoms with van der Waals surface area (Å²) in [4.78, 5) is 11.0. The van der Waals surface area contributed by atoms with E-state index in [2.05, 4.69) is 0 Å². The lowest BCUT2D eigenvalue weighted by molar-refractivity contribution is -1.00. The van der Waals surface area contributed by atoms with Gasteiger partial charge in [0.2, 0.25) is 0 Å². The van der Waals surface area contributed by atoms with Gasteiger partial charge in [-0.3, -0.25) is 4.48 Å². The van der Waals surface area contributed by atoms with Gasteiger partial charge in [0.05, 0.1) is 19.5 Å². The summed E-state index contributed by atoms with van der Waals surface area (Å²) in [6, 6.07) is -2.95. The summed E-state index contributed by atoms with van der Waals surface area (Å²) in [7, 11) is 0. The Bertz CT molecular complexity index is 262. The van der Waals surface area contributed by atoms with E-state index in [1.54, 1.807) is 6.92 Å². The summed E-state index contributed by atoms with van der Waals surface area (Å²) in [5.74, 6) is -1.14. The molecule has 0 heterocycles. The van der Waals surface area contributed by atoms with Crippen LogP contribution in [0.15, 0.2) is 0 Å². The van der Waals surface area contributed by atoms with Crippen molar-refractivity contribution >= 4 is 5.97 Å². The molecule has 1 N–H and O–H groups in total. The van der Waals surface area contributed by atoms with Crippen LogP contribution in [0.1, 0.15) is 59.3 Å². The molecule has 5 heteroatoms. The molecular formula is C14H28F2NO2+. The zero-order valence-electron chi connectivity index (χ0n) is 12.4. The Morgan fingerprint density at radius 1 is 1.05 bits per heavy atom. The Morgan fingerprint density at radius 2 is 1.53 bits per heavy atom. The second-order valence-corrected chi connectivity index (χ2v) is 5.27. The number of carboxylic acid groups (broad SMARTS) is 1. The van der Waals surface area contributed by atoms with Crippen LogP contribution in [0.3, 0.4) is 0 Å². The van der Waals surface area contributed by atoms with Crippen molar-refractivity contribution in [3.8, 4) is 0 Å². The average Bonchev–Trinajstić information content (AvgIpc) is 2.31. The van der Waals surface area contributed by atoms with E-state index in [1.165, 1.54) is 0 Å². The minimum atomic E-state index is -2.95. The SMILES string of the molecule is CCCC[N+](CCCC)(CC(=O)O)C(F)(F)CCC. The van der Waals surface area contributed by atoms with E-state index in [0.717, 1.165) is 12.8 Å². The standard InChI is InChI=1S/C14H27F2NO2/c1-4-7-10-17(11-8-5-2,12-13(18)19)14(15,16)9-6-3/h4-12H2,1-3H3/p+1. The highest BCUT2D eigenvalue weighted by atomic mass is 19.3.